The monoisotopic (exact) mass is 315 g/mol. The fourth-order valence-electron chi connectivity index (χ4n) is 1.21. The minimum absolute atomic E-state index is 0.0713. The molecule has 0 radical (unpaired) electrons. The highest BCUT2D eigenvalue weighted by Crippen LogP contribution is 2.30. The van der Waals surface area contributed by atoms with Crippen LogP contribution >= 0.6 is 15.9 Å². The predicted molar refractivity (Wildman–Crippen MR) is 70.9 cm³/mol. The molecule has 0 amide bonds. The molecule has 1 aromatic rings. The first-order valence-electron chi connectivity index (χ1n) is 5.32. The lowest BCUT2D eigenvalue weighted by molar-refractivity contribution is -0.385. The molecule has 0 aliphatic carbocycles. The van der Waals surface area contributed by atoms with E-state index in [1.54, 1.807) is 32.9 Å². The van der Waals surface area contributed by atoms with Crippen LogP contribution < -0.4 is 4.74 Å². The van der Waals surface area contributed by atoms with E-state index >= 15 is 0 Å². The number of nitro groups is 1. The van der Waals surface area contributed by atoms with Crippen molar-refractivity contribution in [3.05, 3.63) is 34.4 Å². The van der Waals surface area contributed by atoms with Crippen molar-refractivity contribution < 1.29 is 14.5 Å². The molecular formula is C12H14BrNO4. The molecule has 6 heteroatoms. The van der Waals surface area contributed by atoms with Gasteiger partial charge in [0.25, 0.3) is 0 Å². The quantitative estimate of drug-likeness (QED) is 0.485. The van der Waals surface area contributed by atoms with Crippen molar-refractivity contribution in [3.8, 4) is 5.75 Å². The van der Waals surface area contributed by atoms with Crippen LogP contribution in [0.3, 0.4) is 0 Å². The minimum atomic E-state index is -0.904. The third-order valence-corrected chi connectivity index (χ3v) is 2.84. The fraction of sp³-hybridized carbons (Fsp3) is 0.417. The summed E-state index contributed by atoms with van der Waals surface area (Å²) < 4.78 is 5.32. The van der Waals surface area contributed by atoms with Gasteiger partial charge in [-0.15, -0.1) is 0 Å². The van der Waals surface area contributed by atoms with Crippen LogP contribution in [-0.2, 0) is 4.79 Å². The van der Waals surface area contributed by atoms with E-state index in [0.717, 1.165) is 0 Å². The van der Waals surface area contributed by atoms with Crippen LogP contribution in [0.4, 0.5) is 5.69 Å². The van der Waals surface area contributed by atoms with Gasteiger partial charge in [0.05, 0.1) is 4.92 Å². The van der Waals surface area contributed by atoms with Crippen molar-refractivity contribution in [1.29, 1.82) is 0 Å². The van der Waals surface area contributed by atoms with Gasteiger partial charge in [-0.2, -0.15) is 0 Å². The van der Waals surface area contributed by atoms with Gasteiger partial charge in [0.15, 0.2) is 11.5 Å². The minimum Gasteiger partial charge on any atom is -0.464 e. The number of benzene rings is 1. The van der Waals surface area contributed by atoms with Crippen LogP contribution in [0.1, 0.15) is 20.8 Å². The second-order valence-corrected chi connectivity index (χ2v) is 5.60. The molecule has 0 fully saturated rings. The molecule has 5 nitrogen and oxygen atoms in total. The number of carbonyl (C=O) groups excluding carboxylic acids is 1. The Morgan fingerprint density at radius 2 is 1.94 bits per heavy atom. The molecule has 0 bridgehead atoms. The van der Waals surface area contributed by atoms with Crippen LogP contribution in [0, 0.1) is 15.5 Å². The molecule has 0 aliphatic rings. The Labute approximate surface area is 113 Å². The number of halogens is 1. The Bertz CT molecular complexity index is 467. The second kappa shape index (κ2) is 5.48. The molecule has 1 atom stereocenters. The van der Waals surface area contributed by atoms with Gasteiger partial charge in [0.1, 0.15) is 0 Å². The number of Topliss-reactive ketones (excluding diaryl/α,β-unsaturated/α-hetero) is 1. The van der Waals surface area contributed by atoms with E-state index in [1.165, 1.54) is 12.1 Å². The van der Waals surface area contributed by atoms with Gasteiger partial charge in [0, 0.05) is 11.5 Å². The summed E-state index contributed by atoms with van der Waals surface area (Å²) in [6, 6.07) is 5.95. The molecule has 1 unspecified atom stereocenters. The van der Waals surface area contributed by atoms with Crippen LogP contribution in [0.15, 0.2) is 24.3 Å². The smallest absolute Gasteiger partial charge is 0.310 e. The Morgan fingerprint density at radius 1 is 1.39 bits per heavy atom. The Hall–Kier alpha value is -1.43. The van der Waals surface area contributed by atoms with E-state index in [9.17, 15) is 14.9 Å². The number of nitro benzene ring substituents is 1. The van der Waals surface area contributed by atoms with E-state index in [1.807, 2.05) is 0 Å². The number of hydrogen-bond acceptors (Lipinski definition) is 4. The van der Waals surface area contributed by atoms with Crippen molar-refractivity contribution in [3.63, 3.8) is 0 Å². The van der Waals surface area contributed by atoms with Gasteiger partial charge in [-0.05, 0) is 22.0 Å². The molecule has 18 heavy (non-hydrogen) atoms. The number of nitrogens with zero attached hydrogens (tertiary/aromatic N) is 1. The number of ketones is 1. The van der Waals surface area contributed by atoms with E-state index in [2.05, 4.69) is 15.9 Å². The first-order chi connectivity index (χ1) is 8.23. The van der Waals surface area contributed by atoms with Crippen molar-refractivity contribution in [2.75, 3.05) is 0 Å². The molecular weight excluding hydrogens is 302 g/mol. The molecule has 98 valence electrons. The zero-order valence-corrected chi connectivity index (χ0v) is 11.9. The van der Waals surface area contributed by atoms with Crippen molar-refractivity contribution >= 4 is 27.4 Å². The number of ether oxygens (including phenoxy) is 1. The maximum atomic E-state index is 11.9. The van der Waals surface area contributed by atoms with Crippen molar-refractivity contribution in [2.45, 2.75) is 25.8 Å². The summed E-state index contributed by atoms with van der Waals surface area (Å²) in [4.78, 5) is 22.2. The van der Waals surface area contributed by atoms with Gasteiger partial charge in [-0.25, -0.2) is 0 Å². The van der Waals surface area contributed by atoms with E-state index < -0.39 is 15.4 Å². The van der Waals surface area contributed by atoms with E-state index in [4.69, 9.17) is 4.74 Å². The molecule has 1 rings (SSSR count). The van der Waals surface area contributed by atoms with Crippen LogP contribution in [-0.4, -0.2) is 15.7 Å². The molecule has 0 aromatic heterocycles. The van der Waals surface area contributed by atoms with Gasteiger partial charge in [0.2, 0.25) is 5.01 Å². The lowest BCUT2D eigenvalue weighted by atomic mass is 9.91. The average Bonchev–Trinajstić information content (AvgIpc) is 2.27. The SMILES string of the molecule is CC(C)(C)C(=O)C(Br)Oc1ccccc1[N+](=O)[O-]. The summed E-state index contributed by atoms with van der Waals surface area (Å²) >= 11 is 3.10. The van der Waals surface area contributed by atoms with Crippen LogP contribution in [0.5, 0.6) is 5.75 Å². The summed E-state index contributed by atoms with van der Waals surface area (Å²) in [7, 11) is 0. The standard InChI is InChI=1S/C12H14BrNO4/c1-12(2,3)10(15)11(13)18-9-7-5-4-6-8(9)14(16)17/h4-7,11H,1-3H3. The molecule has 1 aromatic carbocycles. The van der Waals surface area contributed by atoms with Gasteiger partial charge >= 0.3 is 5.69 Å². The van der Waals surface area contributed by atoms with E-state index in [-0.39, 0.29) is 17.2 Å². The number of para-hydroxylation sites is 2. The maximum absolute atomic E-state index is 11.9. The highest BCUT2D eigenvalue weighted by atomic mass is 79.9. The maximum Gasteiger partial charge on any atom is 0.310 e. The van der Waals surface area contributed by atoms with Crippen LogP contribution in [0.25, 0.3) is 0 Å². The molecule has 0 heterocycles. The number of carbonyl (C=O) groups is 1. The average molecular weight is 316 g/mol. The number of hydrogen-bond donors (Lipinski definition) is 0. The largest absolute Gasteiger partial charge is 0.464 e. The zero-order valence-electron chi connectivity index (χ0n) is 10.3. The first kappa shape index (κ1) is 14.6. The van der Waals surface area contributed by atoms with Gasteiger partial charge in [-0.1, -0.05) is 32.9 Å². The van der Waals surface area contributed by atoms with Crippen LogP contribution in [0.2, 0.25) is 0 Å². The lowest BCUT2D eigenvalue weighted by Gasteiger charge is -2.21. The highest BCUT2D eigenvalue weighted by molar-refractivity contribution is 9.09. The molecule has 0 aliphatic heterocycles. The number of rotatable bonds is 4. The molecule has 0 spiro atoms. The van der Waals surface area contributed by atoms with Gasteiger partial charge in [-0.3, -0.25) is 14.9 Å². The van der Waals surface area contributed by atoms with E-state index in [0.29, 0.717) is 0 Å². The lowest BCUT2D eigenvalue weighted by Crippen LogP contribution is -2.32. The Balaban J connectivity index is 2.92. The number of alkyl halides is 1. The third-order valence-electron chi connectivity index (χ3n) is 2.24. The normalized spacial score (nSPS) is 12.9. The zero-order chi connectivity index (χ0) is 13.9. The van der Waals surface area contributed by atoms with Gasteiger partial charge < -0.3 is 4.74 Å². The summed E-state index contributed by atoms with van der Waals surface area (Å²) in [5.74, 6) is -0.109. The molecule has 0 saturated carbocycles. The fourth-order valence-corrected chi connectivity index (χ4v) is 2.10. The Morgan fingerprint density at radius 3 is 2.44 bits per heavy atom. The summed E-state index contributed by atoms with van der Waals surface area (Å²) in [5, 5.41) is 9.89. The predicted octanol–water partition coefficient (Wildman–Crippen LogP) is 3.31. The Kier molecular flexibility index (Phi) is 4.45. The topological polar surface area (TPSA) is 69.4 Å². The molecule has 0 N–H and O–H groups in total. The first-order valence-corrected chi connectivity index (χ1v) is 6.23. The summed E-state index contributed by atoms with van der Waals surface area (Å²) in [6.07, 6.45) is 0. The second-order valence-electron chi connectivity index (χ2n) is 4.77. The third kappa shape index (κ3) is 3.53. The highest BCUT2D eigenvalue weighted by Gasteiger charge is 2.30. The van der Waals surface area contributed by atoms with Crippen molar-refractivity contribution in [2.24, 2.45) is 5.41 Å². The van der Waals surface area contributed by atoms with Crippen molar-refractivity contribution in [1.82, 2.24) is 0 Å². The molecule has 0 saturated heterocycles. The summed E-state index contributed by atoms with van der Waals surface area (Å²) in [6.45, 7) is 5.27. The summed E-state index contributed by atoms with van der Waals surface area (Å²) in [5.41, 5.74) is -0.749.